The summed E-state index contributed by atoms with van der Waals surface area (Å²) >= 11 is 0. The number of nitrogens with zero attached hydrogens (tertiary/aromatic N) is 2. The van der Waals surface area contributed by atoms with Gasteiger partial charge in [-0.05, 0) is 17.5 Å². The quantitative estimate of drug-likeness (QED) is 0.758. The first-order valence-electron chi connectivity index (χ1n) is 4.35. The van der Waals surface area contributed by atoms with Crippen LogP contribution < -0.4 is 0 Å². The average molecular weight is 214 g/mol. The molecule has 0 spiro atoms. The van der Waals surface area contributed by atoms with Crippen LogP contribution in [0.5, 0.6) is 0 Å². The monoisotopic (exact) mass is 214 g/mol. The van der Waals surface area contributed by atoms with Crippen LogP contribution in [-0.4, -0.2) is 4.98 Å². The fraction of sp³-hybridized carbons (Fsp3) is 0.400. The maximum absolute atomic E-state index is 12.2. The molecule has 0 amide bonds. The molecule has 0 aliphatic heterocycles. The average Bonchev–Trinajstić information content (AvgIpc) is 2.17. The molecule has 0 aliphatic carbocycles. The smallest absolute Gasteiger partial charge is 0.251 e. The maximum atomic E-state index is 12.2. The van der Waals surface area contributed by atoms with Gasteiger partial charge in [-0.25, -0.2) is 0 Å². The summed E-state index contributed by atoms with van der Waals surface area (Å²) in [6.07, 6.45) is -2.96. The highest BCUT2D eigenvalue weighted by molar-refractivity contribution is 5.19. The third-order valence-electron chi connectivity index (χ3n) is 2.04. The van der Waals surface area contributed by atoms with E-state index in [9.17, 15) is 13.2 Å². The molecule has 0 N–H and O–H groups in total. The molecule has 1 aromatic heterocycles. The van der Waals surface area contributed by atoms with Gasteiger partial charge in [0.1, 0.15) is 5.69 Å². The summed E-state index contributed by atoms with van der Waals surface area (Å²) in [5, 5.41) is 8.43. The van der Waals surface area contributed by atoms with Gasteiger partial charge in [0, 0.05) is 12.6 Å². The van der Waals surface area contributed by atoms with E-state index in [1.54, 1.807) is 6.92 Å². The number of hydrogen-bond acceptors (Lipinski definition) is 2. The fourth-order valence-corrected chi connectivity index (χ4v) is 1.12. The van der Waals surface area contributed by atoms with Gasteiger partial charge in [0.15, 0.2) is 0 Å². The number of hydrogen-bond donors (Lipinski definition) is 0. The summed E-state index contributed by atoms with van der Waals surface area (Å²) in [7, 11) is 0. The predicted octanol–water partition coefficient (Wildman–Crippen LogP) is 3.12. The largest absolute Gasteiger partial charge is 0.433 e. The summed E-state index contributed by atoms with van der Waals surface area (Å²) in [6, 6.07) is 4.25. The van der Waals surface area contributed by atoms with E-state index in [0.717, 1.165) is 6.07 Å². The second kappa shape index (κ2) is 4.30. The van der Waals surface area contributed by atoms with Crippen molar-refractivity contribution in [1.82, 2.24) is 4.98 Å². The van der Waals surface area contributed by atoms with Gasteiger partial charge in [0.25, 0.3) is 0 Å². The summed E-state index contributed by atoms with van der Waals surface area (Å²) in [4.78, 5) is 3.32. The van der Waals surface area contributed by atoms with Crippen molar-refractivity contribution in [3.05, 3.63) is 29.6 Å². The van der Waals surface area contributed by atoms with Gasteiger partial charge in [-0.15, -0.1) is 0 Å². The van der Waals surface area contributed by atoms with Crippen LogP contribution in [0.15, 0.2) is 18.3 Å². The second-order valence-corrected chi connectivity index (χ2v) is 3.24. The Hall–Kier alpha value is -1.57. The van der Waals surface area contributed by atoms with Crippen molar-refractivity contribution in [3.8, 4) is 6.07 Å². The van der Waals surface area contributed by atoms with E-state index in [0.29, 0.717) is 5.56 Å². The number of aromatic nitrogens is 1. The Morgan fingerprint density at radius 2 is 2.13 bits per heavy atom. The highest BCUT2D eigenvalue weighted by Crippen LogP contribution is 2.28. The number of nitriles is 1. The zero-order valence-electron chi connectivity index (χ0n) is 8.04. The fourth-order valence-electron chi connectivity index (χ4n) is 1.12. The molecule has 0 unspecified atom stereocenters. The number of halogens is 3. The van der Waals surface area contributed by atoms with Gasteiger partial charge in [-0.1, -0.05) is 13.0 Å². The SMILES string of the molecule is C[C@H](CC#N)c1ccc(C(F)(F)F)nc1. The minimum Gasteiger partial charge on any atom is -0.251 e. The Bertz CT molecular complexity index is 362. The zero-order chi connectivity index (χ0) is 11.5. The van der Waals surface area contributed by atoms with Crippen molar-refractivity contribution in [2.75, 3.05) is 0 Å². The predicted molar refractivity (Wildman–Crippen MR) is 47.9 cm³/mol. The van der Waals surface area contributed by atoms with E-state index in [-0.39, 0.29) is 12.3 Å². The van der Waals surface area contributed by atoms with Gasteiger partial charge in [-0.3, -0.25) is 4.98 Å². The zero-order valence-corrected chi connectivity index (χ0v) is 8.04. The molecule has 1 heterocycles. The van der Waals surface area contributed by atoms with Crippen LogP contribution in [0.25, 0.3) is 0 Å². The van der Waals surface area contributed by atoms with Crippen LogP contribution >= 0.6 is 0 Å². The third kappa shape index (κ3) is 2.94. The number of alkyl halides is 3. The molecule has 1 atom stereocenters. The first kappa shape index (κ1) is 11.5. The molecule has 5 heteroatoms. The normalized spacial score (nSPS) is 13.3. The van der Waals surface area contributed by atoms with Crippen LogP contribution in [0.4, 0.5) is 13.2 Å². The lowest BCUT2D eigenvalue weighted by atomic mass is 10.0. The molecular formula is C10H9F3N2. The summed E-state index contributed by atoms with van der Waals surface area (Å²) in [6.45, 7) is 1.77. The summed E-state index contributed by atoms with van der Waals surface area (Å²) < 4.78 is 36.5. The van der Waals surface area contributed by atoms with Gasteiger partial charge >= 0.3 is 6.18 Å². The standard InChI is InChI=1S/C10H9F3N2/c1-7(4-5-14)8-2-3-9(15-6-8)10(11,12)13/h2-3,6-7H,4H2,1H3/t7-/m1/s1. The Morgan fingerprint density at radius 1 is 1.47 bits per heavy atom. The summed E-state index contributed by atoms with van der Waals surface area (Å²) in [5.74, 6) is -0.0928. The van der Waals surface area contributed by atoms with Crippen molar-refractivity contribution in [2.45, 2.75) is 25.4 Å². The lowest BCUT2D eigenvalue weighted by molar-refractivity contribution is -0.141. The first-order chi connectivity index (χ1) is 6.95. The van der Waals surface area contributed by atoms with E-state index >= 15 is 0 Å². The minimum absolute atomic E-state index is 0.0928. The van der Waals surface area contributed by atoms with Crippen LogP contribution in [0.2, 0.25) is 0 Å². The van der Waals surface area contributed by atoms with Crippen LogP contribution in [0.1, 0.15) is 30.5 Å². The molecule has 0 saturated carbocycles. The number of rotatable bonds is 2. The Morgan fingerprint density at radius 3 is 2.53 bits per heavy atom. The van der Waals surface area contributed by atoms with Crippen LogP contribution in [0, 0.1) is 11.3 Å². The van der Waals surface area contributed by atoms with Crippen molar-refractivity contribution in [2.24, 2.45) is 0 Å². The van der Waals surface area contributed by atoms with E-state index in [1.807, 2.05) is 6.07 Å². The molecule has 2 nitrogen and oxygen atoms in total. The highest BCUT2D eigenvalue weighted by atomic mass is 19.4. The molecule has 1 aromatic rings. The molecule has 0 radical (unpaired) electrons. The van der Waals surface area contributed by atoms with Crippen molar-refractivity contribution in [1.29, 1.82) is 5.26 Å². The van der Waals surface area contributed by atoms with Crippen LogP contribution in [0.3, 0.4) is 0 Å². The van der Waals surface area contributed by atoms with Gasteiger partial charge in [0.2, 0.25) is 0 Å². The second-order valence-electron chi connectivity index (χ2n) is 3.24. The van der Waals surface area contributed by atoms with Gasteiger partial charge in [-0.2, -0.15) is 18.4 Å². The Balaban J connectivity index is 2.87. The third-order valence-corrected chi connectivity index (χ3v) is 2.04. The first-order valence-corrected chi connectivity index (χ1v) is 4.35. The molecule has 0 bridgehead atoms. The Labute approximate surface area is 85.4 Å². The maximum Gasteiger partial charge on any atom is 0.433 e. The minimum atomic E-state index is -4.41. The van der Waals surface area contributed by atoms with Crippen LogP contribution in [-0.2, 0) is 6.18 Å². The molecule has 80 valence electrons. The van der Waals surface area contributed by atoms with E-state index in [1.165, 1.54) is 12.3 Å². The van der Waals surface area contributed by atoms with Crippen molar-refractivity contribution < 1.29 is 13.2 Å². The van der Waals surface area contributed by atoms with E-state index in [4.69, 9.17) is 5.26 Å². The van der Waals surface area contributed by atoms with E-state index < -0.39 is 11.9 Å². The molecule has 0 aliphatic rings. The summed E-state index contributed by atoms with van der Waals surface area (Å²) in [5.41, 5.74) is -0.264. The Kier molecular flexibility index (Phi) is 3.30. The molecule has 0 aromatic carbocycles. The van der Waals surface area contributed by atoms with E-state index in [2.05, 4.69) is 4.98 Å². The number of pyridine rings is 1. The van der Waals surface area contributed by atoms with Crippen molar-refractivity contribution >= 4 is 0 Å². The lowest BCUT2D eigenvalue weighted by Crippen LogP contribution is -2.08. The topological polar surface area (TPSA) is 36.7 Å². The molecule has 0 saturated heterocycles. The van der Waals surface area contributed by atoms with Crippen molar-refractivity contribution in [3.63, 3.8) is 0 Å². The van der Waals surface area contributed by atoms with Gasteiger partial charge < -0.3 is 0 Å². The molecule has 1 rings (SSSR count). The highest BCUT2D eigenvalue weighted by Gasteiger charge is 2.32. The van der Waals surface area contributed by atoms with Gasteiger partial charge in [0.05, 0.1) is 6.07 Å². The molecule has 0 fully saturated rings. The molecular weight excluding hydrogens is 205 g/mol. The lowest BCUT2D eigenvalue weighted by Gasteiger charge is -2.09. The molecule has 15 heavy (non-hydrogen) atoms.